The molecule has 8 heteroatoms. The standard InChI is InChI=1S/C21H23ClNO5S/c1-4-27-21(25)18(29-19-16(22)6-5-7-17(19)23-26)12-14-8-10-15(11-9-14)20(24)28-13(2)3/h5-11,13,18,23H,4,12H2,1-3H3/q-1. The number of hydrogen-bond acceptors (Lipinski definition) is 7. The van der Waals surface area contributed by atoms with Crippen molar-refractivity contribution in [3.05, 3.63) is 63.8 Å². The van der Waals surface area contributed by atoms with Gasteiger partial charge in [-0.2, -0.15) is 0 Å². The van der Waals surface area contributed by atoms with Crippen molar-refractivity contribution < 1.29 is 19.1 Å². The van der Waals surface area contributed by atoms with Crippen LogP contribution in [0.1, 0.15) is 36.7 Å². The van der Waals surface area contributed by atoms with E-state index in [1.165, 1.54) is 11.8 Å². The molecular weight excluding hydrogens is 414 g/mol. The van der Waals surface area contributed by atoms with E-state index in [0.717, 1.165) is 5.56 Å². The van der Waals surface area contributed by atoms with E-state index >= 15 is 0 Å². The molecule has 0 aliphatic carbocycles. The van der Waals surface area contributed by atoms with Gasteiger partial charge in [-0.3, -0.25) is 4.79 Å². The lowest BCUT2D eigenvalue weighted by Gasteiger charge is -2.20. The molecule has 0 amide bonds. The Morgan fingerprint density at radius 1 is 1.17 bits per heavy atom. The molecule has 0 aromatic heterocycles. The van der Waals surface area contributed by atoms with E-state index in [9.17, 15) is 14.8 Å². The third-order valence-electron chi connectivity index (χ3n) is 3.84. The Kier molecular flexibility index (Phi) is 8.82. The van der Waals surface area contributed by atoms with Crippen LogP contribution in [0.5, 0.6) is 0 Å². The van der Waals surface area contributed by atoms with Gasteiger partial charge in [0.1, 0.15) is 5.25 Å². The van der Waals surface area contributed by atoms with Crippen LogP contribution >= 0.6 is 23.4 Å². The number of carbonyl (C=O) groups is 2. The molecule has 0 fully saturated rings. The van der Waals surface area contributed by atoms with Crippen molar-refractivity contribution in [1.29, 1.82) is 0 Å². The molecule has 2 aromatic carbocycles. The maximum atomic E-state index is 12.5. The smallest absolute Gasteiger partial charge is 0.338 e. The third-order valence-corrected chi connectivity index (χ3v) is 5.59. The zero-order valence-electron chi connectivity index (χ0n) is 16.4. The molecule has 0 saturated heterocycles. The van der Waals surface area contributed by atoms with E-state index in [1.54, 1.807) is 63.2 Å². The molecule has 156 valence electrons. The molecule has 1 unspecified atom stereocenters. The number of thioether (sulfide) groups is 1. The van der Waals surface area contributed by atoms with Gasteiger partial charge in [0.05, 0.1) is 23.3 Å². The predicted octanol–water partition coefficient (Wildman–Crippen LogP) is 5.08. The Morgan fingerprint density at radius 2 is 1.86 bits per heavy atom. The lowest BCUT2D eigenvalue weighted by atomic mass is 10.1. The Morgan fingerprint density at radius 3 is 2.45 bits per heavy atom. The highest BCUT2D eigenvalue weighted by atomic mass is 35.5. The first-order chi connectivity index (χ1) is 13.8. The van der Waals surface area contributed by atoms with Gasteiger partial charge in [-0.15, -0.1) is 11.8 Å². The molecule has 0 saturated carbocycles. The van der Waals surface area contributed by atoms with Crippen molar-refractivity contribution in [3.8, 4) is 0 Å². The second-order valence-corrected chi connectivity index (χ2v) is 8.05. The molecule has 0 aliphatic heterocycles. The Labute approximate surface area is 179 Å². The van der Waals surface area contributed by atoms with Crippen LogP contribution in [0.3, 0.4) is 0 Å². The minimum Gasteiger partial charge on any atom is -0.761 e. The van der Waals surface area contributed by atoms with E-state index in [-0.39, 0.29) is 12.7 Å². The summed E-state index contributed by atoms with van der Waals surface area (Å²) in [6.45, 7) is 5.54. The second kappa shape index (κ2) is 11.1. The van der Waals surface area contributed by atoms with Gasteiger partial charge in [-0.1, -0.05) is 29.8 Å². The average Bonchev–Trinajstić information content (AvgIpc) is 2.68. The number of carbonyl (C=O) groups excluding carboxylic acids is 2. The van der Waals surface area contributed by atoms with Gasteiger partial charge in [0, 0.05) is 10.6 Å². The molecular formula is C21H23ClNO5S-. The summed E-state index contributed by atoms with van der Waals surface area (Å²) in [6.07, 6.45) is 0.137. The van der Waals surface area contributed by atoms with Crippen LogP contribution in [-0.2, 0) is 20.7 Å². The van der Waals surface area contributed by atoms with Crippen LogP contribution in [-0.4, -0.2) is 29.9 Å². The van der Waals surface area contributed by atoms with Crippen molar-refractivity contribution >= 4 is 41.0 Å². The monoisotopic (exact) mass is 436 g/mol. The van der Waals surface area contributed by atoms with Crippen molar-refractivity contribution in [3.63, 3.8) is 0 Å². The number of halogens is 1. The van der Waals surface area contributed by atoms with E-state index in [4.69, 9.17) is 21.1 Å². The molecule has 1 atom stereocenters. The summed E-state index contributed by atoms with van der Waals surface area (Å²) >= 11 is 7.40. The second-order valence-electron chi connectivity index (χ2n) is 6.43. The van der Waals surface area contributed by atoms with Gasteiger partial charge >= 0.3 is 11.9 Å². The van der Waals surface area contributed by atoms with Crippen molar-refractivity contribution in [2.24, 2.45) is 0 Å². The summed E-state index contributed by atoms with van der Waals surface area (Å²) in [5, 5.41) is 11.0. The Hall–Kier alpha value is -2.22. The maximum Gasteiger partial charge on any atom is 0.338 e. The zero-order chi connectivity index (χ0) is 21.4. The zero-order valence-corrected chi connectivity index (χ0v) is 18.0. The number of rotatable bonds is 9. The lowest BCUT2D eigenvalue weighted by molar-refractivity contribution is -0.142. The Balaban J connectivity index is 2.21. The van der Waals surface area contributed by atoms with Crippen LogP contribution in [0, 0.1) is 5.21 Å². The van der Waals surface area contributed by atoms with Crippen molar-refractivity contribution in [2.75, 3.05) is 12.1 Å². The van der Waals surface area contributed by atoms with Crippen LogP contribution < -0.4 is 5.48 Å². The highest BCUT2D eigenvalue weighted by molar-refractivity contribution is 8.00. The fourth-order valence-electron chi connectivity index (χ4n) is 2.53. The molecule has 1 N–H and O–H groups in total. The third kappa shape index (κ3) is 6.66. The number of ether oxygens (including phenoxy) is 2. The van der Waals surface area contributed by atoms with Crippen LogP contribution in [0.2, 0.25) is 5.02 Å². The van der Waals surface area contributed by atoms with Gasteiger partial charge < -0.3 is 20.2 Å². The van der Waals surface area contributed by atoms with Crippen molar-refractivity contribution in [2.45, 2.75) is 43.4 Å². The summed E-state index contributed by atoms with van der Waals surface area (Å²) in [5.74, 6) is -0.803. The van der Waals surface area contributed by atoms with Gasteiger partial charge in [0.25, 0.3) is 0 Å². The first-order valence-corrected chi connectivity index (χ1v) is 10.4. The molecule has 0 aliphatic rings. The number of anilines is 1. The first kappa shape index (κ1) is 23.1. The normalized spacial score (nSPS) is 11.8. The van der Waals surface area contributed by atoms with E-state index in [1.807, 2.05) is 5.48 Å². The molecule has 0 spiro atoms. The highest BCUT2D eigenvalue weighted by Crippen LogP contribution is 2.38. The minimum absolute atomic E-state index is 0.203. The number of nitrogens with one attached hydrogen (secondary N) is 1. The van der Waals surface area contributed by atoms with Gasteiger partial charge in [0.15, 0.2) is 0 Å². The topological polar surface area (TPSA) is 87.7 Å². The average molecular weight is 437 g/mol. The van der Waals surface area contributed by atoms with Crippen LogP contribution in [0.25, 0.3) is 0 Å². The summed E-state index contributed by atoms with van der Waals surface area (Å²) in [5.41, 5.74) is 3.42. The fraction of sp³-hybridized carbons (Fsp3) is 0.333. The van der Waals surface area contributed by atoms with Gasteiger partial charge in [-0.05, 0) is 57.0 Å². The lowest BCUT2D eigenvalue weighted by Crippen LogP contribution is -2.23. The minimum atomic E-state index is -0.615. The number of benzene rings is 2. The Bertz CT molecular complexity index is 841. The molecule has 0 bridgehead atoms. The molecule has 0 heterocycles. The van der Waals surface area contributed by atoms with Crippen LogP contribution in [0.15, 0.2) is 47.4 Å². The van der Waals surface area contributed by atoms with Gasteiger partial charge in [0.2, 0.25) is 0 Å². The first-order valence-electron chi connectivity index (χ1n) is 9.15. The summed E-state index contributed by atoms with van der Waals surface area (Å²) in [6, 6.07) is 11.8. The molecule has 0 radical (unpaired) electrons. The molecule has 6 nitrogen and oxygen atoms in total. The summed E-state index contributed by atoms with van der Waals surface area (Å²) in [7, 11) is 0. The predicted molar refractivity (Wildman–Crippen MR) is 115 cm³/mol. The quantitative estimate of drug-likeness (QED) is 0.333. The van der Waals surface area contributed by atoms with Crippen molar-refractivity contribution in [1.82, 2.24) is 0 Å². The van der Waals surface area contributed by atoms with Gasteiger partial charge in [-0.25, -0.2) is 4.79 Å². The summed E-state index contributed by atoms with van der Waals surface area (Å²) in [4.78, 5) is 25.0. The largest absolute Gasteiger partial charge is 0.761 e. The van der Waals surface area contributed by atoms with E-state index < -0.39 is 17.2 Å². The molecule has 2 rings (SSSR count). The fourth-order valence-corrected chi connectivity index (χ4v) is 3.98. The maximum absolute atomic E-state index is 12.5. The number of hydrogen-bond donors (Lipinski definition) is 1. The van der Waals surface area contributed by atoms with E-state index in [2.05, 4.69) is 0 Å². The SMILES string of the molecule is CCOC(=O)C(Cc1ccc(C(=O)OC(C)C)cc1)Sc1c(Cl)cccc1N[O-]. The molecule has 2 aromatic rings. The number of esters is 2. The van der Waals surface area contributed by atoms with Crippen LogP contribution in [0.4, 0.5) is 5.69 Å². The summed E-state index contributed by atoms with van der Waals surface area (Å²) < 4.78 is 10.4. The highest BCUT2D eigenvalue weighted by Gasteiger charge is 2.24. The van der Waals surface area contributed by atoms with E-state index in [0.29, 0.717) is 27.6 Å². The molecule has 29 heavy (non-hydrogen) atoms.